The summed E-state index contributed by atoms with van der Waals surface area (Å²) in [5.41, 5.74) is 1.75. The van der Waals surface area contributed by atoms with E-state index in [0.29, 0.717) is 18.8 Å². The van der Waals surface area contributed by atoms with E-state index >= 15 is 0 Å². The predicted octanol–water partition coefficient (Wildman–Crippen LogP) is 3.94. The molecule has 120 valence electrons. The van der Waals surface area contributed by atoms with E-state index < -0.39 is 0 Å². The fourth-order valence-corrected chi connectivity index (χ4v) is 3.13. The molecule has 0 aromatic heterocycles. The van der Waals surface area contributed by atoms with Crippen molar-refractivity contribution < 1.29 is 9.18 Å². The van der Waals surface area contributed by atoms with Gasteiger partial charge in [0.05, 0.1) is 5.69 Å². The molecule has 6 heteroatoms. The van der Waals surface area contributed by atoms with Gasteiger partial charge in [-0.05, 0) is 52.3 Å². The van der Waals surface area contributed by atoms with E-state index in [9.17, 15) is 9.18 Å². The molecule has 1 heterocycles. The third-order valence-electron chi connectivity index (χ3n) is 3.86. The number of rotatable bonds is 2. The zero-order chi connectivity index (χ0) is 16.2. The van der Waals surface area contributed by atoms with Crippen LogP contribution in [0.1, 0.15) is 0 Å². The van der Waals surface area contributed by atoms with Gasteiger partial charge in [0.15, 0.2) is 0 Å². The zero-order valence-corrected chi connectivity index (χ0v) is 14.1. The van der Waals surface area contributed by atoms with Crippen molar-refractivity contribution in [2.75, 3.05) is 36.4 Å². The molecule has 0 spiro atoms. The monoisotopic (exact) mass is 377 g/mol. The van der Waals surface area contributed by atoms with Gasteiger partial charge in [-0.3, -0.25) is 0 Å². The lowest BCUT2D eigenvalue weighted by atomic mass is 10.2. The summed E-state index contributed by atoms with van der Waals surface area (Å²) < 4.78 is 13.9. The summed E-state index contributed by atoms with van der Waals surface area (Å²) in [6.45, 7) is 2.85. The Kier molecular flexibility index (Phi) is 4.81. The molecule has 1 fully saturated rings. The molecule has 4 nitrogen and oxygen atoms in total. The predicted molar refractivity (Wildman–Crippen MR) is 93.3 cm³/mol. The zero-order valence-electron chi connectivity index (χ0n) is 12.5. The molecular weight excluding hydrogens is 361 g/mol. The first kappa shape index (κ1) is 15.8. The Morgan fingerprint density at radius 1 is 1.00 bits per heavy atom. The van der Waals surface area contributed by atoms with E-state index in [4.69, 9.17) is 0 Å². The smallest absolute Gasteiger partial charge is 0.321 e. The van der Waals surface area contributed by atoms with Crippen molar-refractivity contribution in [3.63, 3.8) is 0 Å². The first-order valence-electron chi connectivity index (χ1n) is 7.44. The number of piperazine rings is 1. The van der Waals surface area contributed by atoms with Crippen LogP contribution < -0.4 is 10.2 Å². The molecule has 2 aromatic rings. The summed E-state index contributed by atoms with van der Waals surface area (Å²) in [6.07, 6.45) is 0. The van der Waals surface area contributed by atoms with Gasteiger partial charge in [0, 0.05) is 36.3 Å². The highest BCUT2D eigenvalue weighted by Gasteiger charge is 2.22. The number of carbonyl (C=O) groups excluding carboxylic acids is 1. The first-order chi connectivity index (χ1) is 11.1. The van der Waals surface area contributed by atoms with Crippen LogP contribution in [-0.4, -0.2) is 37.1 Å². The van der Waals surface area contributed by atoms with Gasteiger partial charge in [-0.25, -0.2) is 9.18 Å². The Morgan fingerprint density at radius 2 is 1.65 bits per heavy atom. The number of para-hydroxylation sites is 1. The molecule has 0 radical (unpaired) electrons. The Labute approximate surface area is 143 Å². The van der Waals surface area contributed by atoms with Gasteiger partial charge in [0.1, 0.15) is 5.82 Å². The molecule has 0 aliphatic carbocycles. The Bertz CT molecular complexity index is 684. The van der Waals surface area contributed by atoms with Gasteiger partial charge in [0.2, 0.25) is 0 Å². The maximum absolute atomic E-state index is 12.9. The number of hydrogen-bond acceptors (Lipinski definition) is 2. The van der Waals surface area contributed by atoms with E-state index in [1.54, 1.807) is 17.0 Å². The summed E-state index contributed by atoms with van der Waals surface area (Å²) in [5.74, 6) is -0.315. The number of benzene rings is 2. The molecule has 2 amide bonds. The highest BCUT2D eigenvalue weighted by Crippen LogP contribution is 2.26. The number of anilines is 2. The van der Waals surface area contributed by atoms with Crippen molar-refractivity contribution in [3.8, 4) is 0 Å². The summed E-state index contributed by atoms with van der Waals surface area (Å²) in [5, 5.41) is 2.80. The maximum Gasteiger partial charge on any atom is 0.321 e. The second-order valence-corrected chi connectivity index (χ2v) is 6.22. The Balaban J connectivity index is 1.57. The highest BCUT2D eigenvalue weighted by atomic mass is 79.9. The molecule has 0 saturated carbocycles. The minimum atomic E-state index is -0.315. The lowest BCUT2D eigenvalue weighted by Crippen LogP contribution is -2.50. The molecule has 1 saturated heterocycles. The summed E-state index contributed by atoms with van der Waals surface area (Å²) in [7, 11) is 0. The fourth-order valence-electron chi connectivity index (χ4n) is 2.59. The number of urea groups is 1. The topological polar surface area (TPSA) is 35.6 Å². The van der Waals surface area contributed by atoms with Gasteiger partial charge >= 0.3 is 6.03 Å². The number of hydrogen-bond donors (Lipinski definition) is 1. The molecule has 0 unspecified atom stereocenters. The van der Waals surface area contributed by atoms with Crippen molar-refractivity contribution >= 4 is 33.3 Å². The maximum atomic E-state index is 12.9. The van der Waals surface area contributed by atoms with Gasteiger partial charge in [-0.15, -0.1) is 0 Å². The van der Waals surface area contributed by atoms with Crippen molar-refractivity contribution in [1.82, 2.24) is 4.90 Å². The summed E-state index contributed by atoms with van der Waals surface area (Å²) in [4.78, 5) is 16.3. The third-order valence-corrected chi connectivity index (χ3v) is 4.53. The largest absolute Gasteiger partial charge is 0.367 e. The van der Waals surface area contributed by atoms with E-state index in [0.717, 1.165) is 23.2 Å². The summed E-state index contributed by atoms with van der Waals surface area (Å²) >= 11 is 3.56. The minimum Gasteiger partial charge on any atom is -0.367 e. The molecule has 1 aliphatic rings. The Hall–Kier alpha value is -2.08. The lowest BCUT2D eigenvalue weighted by Gasteiger charge is -2.36. The fraction of sp³-hybridized carbons (Fsp3) is 0.235. The molecule has 0 bridgehead atoms. The van der Waals surface area contributed by atoms with Crippen LogP contribution in [-0.2, 0) is 0 Å². The average Bonchev–Trinajstić information content (AvgIpc) is 2.57. The molecule has 0 atom stereocenters. The third kappa shape index (κ3) is 3.82. The quantitative estimate of drug-likeness (QED) is 0.859. The van der Waals surface area contributed by atoms with E-state index in [-0.39, 0.29) is 11.8 Å². The van der Waals surface area contributed by atoms with Crippen molar-refractivity contribution in [2.24, 2.45) is 0 Å². The second kappa shape index (κ2) is 7.00. The van der Waals surface area contributed by atoms with Gasteiger partial charge < -0.3 is 15.1 Å². The van der Waals surface area contributed by atoms with E-state index in [2.05, 4.69) is 32.2 Å². The number of amides is 2. The number of carbonyl (C=O) groups is 1. The van der Waals surface area contributed by atoms with Crippen LogP contribution in [0.5, 0.6) is 0 Å². The van der Waals surface area contributed by atoms with Crippen LogP contribution in [0.2, 0.25) is 0 Å². The van der Waals surface area contributed by atoms with Crippen molar-refractivity contribution in [3.05, 3.63) is 58.8 Å². The molecule has 2 aromatic carbocycles. The SMILES string of the molecule is O=C(Nc1ccc(F)cc1)N1CCN(c2ccccc2Br)CC1. The summed E-state index contributed by atoms with van der Waals surface area (Å²) in [6, 6.07) is 13.7. The number of halogens is 2. The van der Waals surface area contributed by atoms with Gasteiger partial charge in [-0.2, -0.15) is 0 Å². The number of nitrogens with zero attached hydrogens (tertiary/aromatic N) is 2. The minimum absolute atomic E-state index is 0.150. The Morgan fingerprint density at radius 3 is 2.30 bits per heavy atom. The first-order valence-corrected chi connectivity index (χ1v) is 8.24. The van der Waals surface area contributed by atoms with Crippen LogP contribution in [0.25, 0.3) is 0 Å². The molecule has 1 aliphatic heterocycles. The van der Waals surface area contributed by atoms with Crippen LogP contribution in [0.15, 0.2) is 53.0 Å². The van der Waals surface area contributed by atoms with E-state index in [1.807, 2.05) is 18.2 Å². The van der Waals surface area contributed by atoms with E-state index in [1.165, 1.54) is 12.1 Å². The average molecular weight is 378 g/mol. The second-order valence-electron chi connectivity index (χ2n) is 5.36. The lowest BCUT2D eigenvalue weighted by molar-refractivity contribution is 0.208. The van der Waals surface area contributed by atoms with Gasteiger partial charge in [0.25, 0.3) is 0 Å². The molecule has 1 N–H and O–H groups in total. The normalized spacial score (nSPS) is 14.7. The van der Waals surface area contributed by atoms with Crippen molar-refractivity contribution in [1.29, 1.82) is 0 Å². The molecule has 3 rings (SSSR count). The van der Waals surface area contributed by atoms with Crippen LogP contribution in [0, 0.1) is 5.82 Å². The van der Waals surface area contributed by atoms with Crippen LogP contribution in [0.3, 0.4) is 0 Å². The molecule has 23 heavy (non-hydrogen) atoms. The highest BCUT2D eigenvalue weighted by molar-refractivity contribution is 9.10. The molecular formula is C17H17BrFN3O. The van der Waals surface area contributed by atoms with Gasteiger partial charge in [-0.1, -0.05) is 12.1 Å². The standard InChI is InChI=1S/C17H17BrFN3O/c18-15-3-1-2-4-16(15)21-9-11-22(12-10-21)17(23)20-14-7-5-13(19)6-8-14/h1-8H,9-12H2,(H,20,23). The van der Waals surface area contributed by atoms with Crippen LogP contribution >= 0.6 is 15.9 Å². The van der Waals surface area contributed by atoms with Crippen molar-refractivity contribution in [2.45, 2.75) is 0 Å². The van der Waals surface area contributed by atoms with Crippen LogP contribution in [0.4, 0.5) is 20.6 Å². The number of nitrogens with one attached hydrogen (secondary N) is 1.